The van der Waals surface area contributed by atoms with Crippen molar-refractivity contribution in [1.82, 2.24) is 10.6 Å². The minimum Gasteiger partial charge on any atom is -0.480 e. The molecule has 7 nitrogen and oxygen atoms in total. The molecule has 0 fully saturated rings. The van der Waals surface area contributed by atoms with E-state index >= 15 is 0 Å². The van der Waals surface area contributed by atoms with E-state index in [1.165, 1.54) is 25.5 Å². The summed E-state index contributed by atoms with van der Waals surface area (Å²) in [5.41, 5.74) is 0.301. The second kappa shape index (κ2) is 8.08. The van der Waals surface area contributed by atoms with Crippen LogP contribution in [0.2, 0.25) is 0 Å². The van der Waals surface area contributed by atoms with E-state index in [4.69, 9.17) is 9.52 Å². The number of nitrogens with one attached hydrogen (secondary N) is 2. The Morgan fingerprint density at radius 2 is 2.05 bits per heavy atom. The van der Waals surface area contributed by atoms with Crippen LogP contribution >= 0.6 is 0 Å². The summed E-state index contributed by atoms with van der Waals surface area (Å²) in [5, 5.41) is 14.0. The Morgan fingerprint density at radius 1 is 1.33 bits per heavy atom. The van der Waals surface area contributed by atoms with Crippen LogP contribution in [0.4, 0.5) is 0 Å². The normalized spacial score (nSPS) is 13.2. The van der Waals surface area contributed by atoms with Crippen LogP contribution in [0.25, 0.3) is 0 Å². The Labute approximate surface area is 122 Å². The number of aliphatic carboxylic acids is 1. The second-order valence-electron chi connectivity index (χ2n) is 4.75. The lowest BCUT2D eigenvalue weighted by atomic mass is 10.1. The summed E-state index contributed by atoms with van der Waals surface area (Å²) < 4.78 is 4.78. The highest BCUT2D eigenvalue weighted by Gasteiger charge is 2.23. The maximum atomic E-state index is 11.9. The topological polar surface area (TPSA) is 109 Å². The van der Waals surface area contributed by atoms with E-state index in [-0.39, 0.29) is 0 Å². The largest absolute Gasteiger partial charge is 0.480 e. The standard InChI is InChI=1S/C14H20N2O5/c1-3-4-5-11(14(19)20)16-12(17)9(2)15-13(18)10-6-7-21-8-10/h6-9,11H,3-5H2,1-2H3,(H,15,18)(H,16,17)(H,19,20)/t9?,11-/m0/s1. The molecular weight excluding hydrogens is 276 g/mol. The number of amides is 2. The molecule has 1 rings (SSSR count). The van der Waals surface area contributed by atoms with Crippen LogP contribution in [0.3, 0.4) is 0 Å². The van der Waals surface area contributed by atoms with Crippen molar-refractivity contribution in [3.63, 3.8) is 0 Å². The smallest absolute Gasteiger partial charge is 0.326 e. The molecule has 21 heavy (non-hydrogen) atoms. The van der Waals surface area contributed by atoms with Gasteiger partial charge in [0.25, 0.3) is 5.91 Å². The van der Waals surface area contributed by atoms with Crippen molar-refractivity contribution in [3.05, 3.63) is 24.2 Å². The first-order valence-electron chi connectivity index (χ1n) is 6.82. The molecule has 0 bridgehead atoms. The summed E-state index contributed by atoms with van der Waals surface area (Å²) in [6.45, 7) is 3.43. The zero-order valence-corrected chi connectivity index (χ0v) is 12.1. The molecule has 0 saturated heterocycles. The Bertz CT molecular complexity index is 484. The summed E-state index contributed by atoms with van der Waals surface area (Å²) in [5.74, 6) is -2.06. The third-order valence-electron chi connectivity index (χ3n) is 2.99. The molecular formula is C14H20N2O5. The third kappa shape index (κ3) is 5.29. The number of rotatable bonds is 8. The van der Waals surface area contributed by atoms with Gasteiger partial charge in [0.2, 0.25) is 5.91 Å². The van der Waals surface area contributed by atoms with E-state index in [9.17, 15) is 14.4 Å². The highest BCUT2D eigenvalue weighted by molar-refractivity contribution is 5.97. The minimum absolute atomic E-state index is 0.301. The first kappa shape index (κ1) is 16.7. The summed E-state index contributed by atoms with van der Waals surface area (Å²) in [6.07, 6.45) is 4.52. The number of furan rings is 1. The SMILES string of the molecule is CCCC[C@H](NC(=O)C(C)NC(=O)c1ccoc1)C(=O)O. The van der Waals surface area contributed by atoms with Gasteiger partial charge in [-0.3, -0.25) is 9.59 Å². The summed E-state index contributed by atoms with van der Waals surface area (Å²) >= 11 is 0. The van der Waals surface area contributed by atoms with Crippen molar-refractivity contribution in [2.24, 2.45) is 0 Å². The number of hydrogen-bond acceptors (Lipinski definition) is 4. The highest BCUT2D eigenvalue weighted by atomic mass is 16.4. The number of unbranched alkanes of at least 4 members (excludes halogenated alkanes) is 1. The average molecular weight is 296 g/mol. The summed E-state index contributed by atoms with van der Waals surface area (Å²) in [6, 6.07) is -0.303. The van der Waals surface area contributed by atoms with Crippen LogP contribution in [-0.4, -0.2) is 35.0 Å². The van der Waals surface area contributed by atoms with Crippen molar-refractivity contribution < 1.29 is 23.9 Å². The van der Waals surface area contributed by atoms with E-state index in [2.05, 4.69) is 10.6 Å². The van der Waals surface area contributed by atoms with Gasteiger partial charge in [0.05, 0.1) is 11.8 Å². The van der Waals surface area contributed by atoms with Crippen molar-refractivity contribution in [2.45, 2.75) is 45.2 Å². The van der Waals surface area contributed by atoms with Crippen molar-refractivity contribution >= 4 is 17.8 Å². The van der Waals surface area contributed by atoms with Crippen molar-refractivity contribution in [3.8, 4) is 0 Å². The van der Waals surface area contributed by atoms with E-state index in [1.807, 2.05) is 6.92 Å². The van der Waals surface area contributed by atoms with E-state index in [0.29, 0.717) is 18.4 Å². The molecule has 0 aliphatic rings. The number of carbonyl (C=O) groups is 3. The fourth-order valence-electron chi connectivity index (χ4n) is 1.70. The molecule has 0 spiro atoms. The van der Waals surface area contributed by atoms with Crippen molar-refractivity contribution in [2.75, 3.05) is 0 Å². The highest BCUT2D eigenvalue weighted by Crippen LogP contribution is 2.03. The van der Waals surface area contributed by atoms with Crippen molar-refractivity contribution in [1.29, 1.82) is 0 Å². The predicted octanol–water partition coefficient (Wildman–Crippen LogP) is 1.16. The summed E-state index contributed by atoms with van der Waals surface area (Å²) in [4.78, 5) is 34.7. The maximum Gasteiger partial charge on any atom is 0.326 e. The van der Waals surface area contributed by atoms with Gasteiger partial charge in [-0.2, -0.15) is 0 Å². The lowest BCUT2D eigenvalue weighted by Crippen LogP contribution is -2.50. The van der Waals surface area contributed by atoms with E-state index < -0.39 is 29.9 Å². The lowest BCUT2D eigenvalue weighted by molar-refractivity contribution is -0.142. The molecule has 0 aliphatic carbocycles. The monoisotopic (exact) mass is 296 g/mol. The first-order valence-corrected chi connectivity index (χ1v) is 6.82. The number of carbonyl (C=O) groups excluding carboxylic acids is 2. The predicted molar refractivity (Wildman–Crippen MR) is 74.7 cm³/mol. The molecule has 2 amide bonds. The Balaban J connectivity index is 2.52. The minimum atomic E-state index is -1.08. The quantitative estimate of drug-likeness (QED) is 0.667. The summed E-state index contributed by atoms with van der Waals surface area (Å²) in [7, 11) is 0. The van der Waals surface area contributed by atoms with Gasteiger partial charge >= 0.3 is 5.97 Å². The molecule has 0 radical (unpaired) electrons. The molecule has 1 aromatic rings. The van der Waals surface area contributed by atoms with Gasteiger partial charge in [-0.15, -0.1) is 0 Å². The Morgan fingerprint density at radius 3 is 2.57 bits per heavy atom. The molecule has 0 aliphatic heterocycles. The number of carboxylic acid groups (broad SMARTS) is 1. The van der Waals surface area contributed by atoms with Crippen LogP contribution < -0.4 is 10.6 Å². The molecule has 1 heterocycles. The molecule has 7 heteroatoms. The Kier molecular flexibility index (Phi) is 6.45. The molecule has 3 N–H and O–H groups in total. The van der Waals surface area contributed by atoms with Gasteiger partial charge in [0, 0.05) is 0 Å². The molecule has 1 aromatic heterocycles. The van der Waals surface area contributed by atoms with E-state index in [0.717, 1.165) is 6.42 Å². The first-order chi connectivity index (χ1) is 9.95. The molecule has 1 unspecified atom stereocenters. The zero-order valence-electron chi connectivity index (χ0n) is 12.1. The molecule has 116 valence electrons. The number of carboxylic acids is 1. The van der Waals surface area contributed by atoms with E-state index in [1.54, 1.807) is 0 Å². The lowest BCUT2D eigenvalue weighted by Gasteiger charge is -2.18. The second-order valence-corrected chi connectivity index (χ2v) is 4.75. The maximum absolute atomic E-state index is 11.9. The third-order valence-corrected chi connectivity index (χ3v) is 2.99. The van der Waals surface area contributed by atoms with Crippen LogP contribution in [0.15, 0.2) is 23.0 Å². The zero-order chi connectivity index (χ0) is 15.8. The van der Waals surface area contributed by atoms with Gasteiger partial charge in [0.1, 0.15) is 18.3 Å². The van der Waals surface area contributed by atoms with Gasteiger partial charge in [-0.1, -0.05) is 19.8 Å². The van der Waals surface area contributed by atoms with Crippen LogP contribution in [0.5, 0.6) is 0 Å². The fraction of sp³-hybridized carbons (Fsp3) is 0.500. The van der Waals surface area contributed by atoms with Crippen LogP contribution in [0.1, 0.15) is 43.5 Å². The molecule has 2 atom stereocenters. The molecule has 0 saturated carbocycles. The average Bonchev–Trinajstić information content (AvgIpc) is 2.96. The van der Waals surface area contributed by atoms with Gasteiger partial charge in [-0.05, 0) is 19.4 Å². The Hall–Kier alpha value is -2.31. The fourth-order valence-corrected chi connectivity index (χ4v) is 1.70. The van der Waals surface area contributed by atoms with Crippen LogP contribution in [0, 0.1) is 0 Å². The van der Waals surface area contributed by atoms with Gasteiger partial charge < -0.3 is 20.2 Å². The van der Waals surface area contributed by atoms with Crippen LogP contribution in [-0.2, 0) is 9.59 Å². The van der Waals surface area contributed by atoms with Gasteiger partial charge in [0.15, 0.2) is 0 Å². The van der Waals surface area contributed by atoms with Gasteiger partial charge in [-0.25, -0.2) is 4.79 Å². The number of hydrogen-bond donors (Lipinski definition) is 3. The molecule has 0 aromatic carbocycles.